The van der Waals surface area contributed by atoms with E-state index in [9.17, 15) is 0 Å². The van der Waals surface area contributed by atoms with E-state index < -0.39 is 0 Å². The summed E-state index contributed by atoms with van der Waals surface area (Å²) in [4.78, 5) is 4.26. The van der Waals surface area contributed by atoms with Crippen LogP contribution in [0.1, 0.15) is 55.7 Å². The molecule has 1 aromatic rings. The molecular weight excluding hydrogens is 170 g/mol. The van der Waals surface area contributed by atoms with E-state index in [4.69, 9.17) is 0 Å². The van der Waals surface area contributed by atoms with E-state index in [1.807, 2.05) is 6.20 Å². The molecule has 0 radical (unpaired) electrons. The highest BCUT2D eigenvalue weighted by Gasteiger charge is 2.13. The van der Waals surface area contributed by atoms with Gasteiger partial charge in [-0.25, -0.2) is 0 Å². The molecule has 1 aliphatic rings. The van der Waals surface area contributed by atoms with Crippen LogP contribution in [0.15, 0.2) is 18.3 Å². The minimum Gasteiger partial charge on any atom is -0.262 e. The first-order valence-electron chi connectivity index (χ1n) is 5.79. The first-order valence-corrected chi connectivity index (χ1v) is 5.79. The van der Waals surface area contributed by atoms with Crippen molar-refractivity contribution < 1.29 is 0 Å². The zero-order valence-electron chi connectivity index (χ0n) is 9.00. The Morgan fingerprint density at radius 3 is 2.50 bits per heavy atom. The highest BCUT2D eigenvalue weighted by atomic mass is 14.6. The van der Waals surface area contributed by atoms with Crippen molar-refractivity contribution in [3.05, 3.63) is 29.6 Å². The van der Waals surface area contributed by atoms with Gasteiger partial charge in [-0.15, -0.1) is 0 Å². The number of aromatic nitrogens is 1. The first-order chi connectivity index (χ1) is 6.86. The van der Waals surface area contributed by atoms with E-state index in [1.54, 1.807) is 0 Å². The van der Waals surface area contributed by atoms with Gasteiger partial charge in [0.25, 0.3) is 0 Å². The maximum Gasteiger partial charge on any atom is 0.0375 e. The van der Waals surface area contributed by atoms with Crippen LogP contribution in [0, 0.1) is 6.92 Å². The van der Waals surface area contributed by atoms with E-state index in [-0.39, 0.29) is 0 Å². The van der Waals surface area contributed by atoms with E-state index in [2.05, 4.69) is 24.0 Å². The fourth-order valence-corrected chi connectivity index (χ4v) is 2.43. The largest absolute Gasteiger partial charge is 0.262 e. The molecule has 1 nitrogen and oxygen atoms in total. The van der Waals surface area contributed by atoms with Crippen molar-refractivity contribution in [2.24, 2.45) is 0 Å². The van der Waals surface area contributed by atoms with Crippen molar-refractivity contribution in [1.82, 2.24) is 4.98 Å². The smallest absolute Gasteiger partial charge is 0.0375 e. The molecule has 14 heavy (non-hydrogen) atoms. The van der Waals surface area contributed by atoms with Crippen molar-refractivity contribution in [2.75, 3.05) is 0 Å². The Labute approximate surface area is 86.6 Å². The van der Waals surface area contributed by atoms with Crippen LogP contribution in [-0.2, 0) is 0 Å². The lowest BCUT2D eigenvalue weighted by molar-refractivity contribution is 0.591. The average molecular weight is 189 g/mol. The number of pyridine rings is 1. The summed E-state index contributed by atoms with van der Waals surface area (Å²) in [7, 11) is 0. The van der Waals surface area contributed by atoms with Crippen LogP contribution in [0.3, 0.4) is 0 Å². The summed E-state index contributed by atoms with van der Waals surface area (Å²) in [5, 5.41) is 0. The predicted molar refractivity (Wildman–Crippen MR) is 59.4 cm³/mol. The van der Waals surface area contributed by atoms with Crippen LogP contribution < -0.4 is 0 Å². The van der Waals surface area contributed by atoms with Crippen molar-refractivity contribution in [1.29, 1.82) is 0 Å². The number of aryl methyl sites for hydroxylation is 1. The van der Waals surface area contributed by atoms with E-state index in [1.165, 1.54) is 44.1 Å². The minimum absolute atomic E-state index is 0.805. The second-order valence-corrected chi connectivity index (χ2v) is 4.42. The van der Waals surface area contributed by atoms with Gasteiger partial charge in [0, 0.05) is 11.9 Å². The van der Waals surface area contributed by atoms with Crippen LogP contribution in [0.2, 0.25) is 0 Å². The maximum atomic E-state index is 4.26. The molecule has 0 N–H and O–H groups in total. The Hall–Kier alpha value is -0.850. The number of hydrogen-bond donors (Lipinski definition) is 0. The van der Waals surface area contributed by atoms with E-state index in [0.717, 1.165) is 11.6 Å². The summed E-state index contributed by atoms with van der Waals surface area (Å²) in [6, 6.07) is 4.46. The minimum atomic E-state index is 0.805. The molecule has 1 aromatic heterocycles. The number of nitrogens with zero attached hydrogens (tertiary/aromatic N) is 1. The van der Waals surface area contributed by atoms with Crippen molar-refractivity contribution >= 4 is 0 Å². The Balaban J connectivity index is 2.12. The third-order valence-electron chi connectivity index (χ3n) is 3.25. The molecule has 0 aromatic carbocycles. The molecule has 76 valence electrons. The zero-order valence-corrected chi connectivity index (χ0v) is 9.00. The van der Waals surface area contributed by atoms with Crippen LogP contribution in [0.4, 0.5) is 0 Å². The Bertz CT molecular complexity index is 285. The second-order valence-electron chi connectivity index (χ2n) is 4.42. The highest BCUT2D eigenvalue weighted by Crippen LogP contribution is 2.31. The SMILES string of the molecule is Cc1cc(C2CCCCCC2)ccn1. The van der Waals surface area contributed by atoms with Crippen molar-refractivity contribution in [2.45, 2.75) is 51.4 Å². The molecule has 1 saturated carbocycles. The normalized spacial score (nSPS) is 19.2. The fraction of sp³-hybridized carbons (Fsp3) is 0.615. The summed E-state index contributed by atoms with van der Waals surface area (Å²) < 4.78 is 0. The molecule has 0 amide bonds. The van der Waals surface area contributed by atoms with Gasteiger partial charge in [0.05, 0.1) is 0 Å². The third kappa shape index (κ3) is 2.34. The molecule has 0 atom stereocenters. The number of rotatable bonds is 1. The summed E-state index contributed by atoms with van der Waals surface area (Å²) >= 11 is 0. The summed E-state index contributed by atoms with van der Waals surface area (Å²) in [6.07, 6.45) is 10.4. The van der Waals surface area contributed by atoms with E-state index >= 15 is 0 Å². The van der Waals surface area contributed by atoms with Crippen LogP contribution in [0.25, 0.3) is 0 Å². The Morgan fingerprint density at radius 2 is 1.86 bits per heavy atom. The third-order valence-corrected chi connectivity index (χ3v) is 3.25. The molecular formula is C13H19N. The van der Waals surface area contributed by atoms with Gasteiger partial charge in [0.2, 0.25) is 0 Å². The molecule has 1 heterocycles. The van der Waals surface area contributed by atoms with Crippen molar-refractivity contribution in [3.8, 4) is 0 Å². The lowest BCUT2D eigenvalue weighted by Crippen LogP contribution is -1.98. The second kappa shape index (κ2) is 4.59. The quantitative estimate of drug-likeness (QED) is 0.612. The zero-order chi connectivity index (χ0) is 9.80. The van der Waals surface area contributed by atoms with Crippen LogP contribution in [-0.4, -0.2) is 4.98 Å². The average Bonchev–Trinajstić information content (AvgIpc) is 2.45. The van der Waals surface area contributed by atoms with Crippen LogP contribution in [0.5, 0.6) is 0 Å². The first kappa shape index (κ1) is 9.70. The highest BCUT2D eigenvalue weighted by molar-refractivity contribution is 5.20. The lowest BCUT2D eigenvalue weighted by atomic mass is 9.92. The lowest BCUT2D eigenvalue weighted by Gasteiger charge is -2.14. The predicted octanol–water partition coefficient (Wildman–Crippen LogP) is 3.83. The van der Waals surface area contributed by atoms with Gasteiger partial charge in [0.15, 0.2) is 0 Å². The molecule has 0 bridgehead atoms. The summed E-state index contributed by atoms with van der Waals surface area (Å²) in [5.74, 6) is 0.805. The van der Waals surface area contributed by atoms with Crippen molar-refractivity contribution in [3.63, 3.8) is 0 Å². The standard InChI is InChI=1S/C13H19N/c1-11-10-13(8-9-14-11)12-6-4-2-3-5-7-12/h8-10,12H,2-7H2,1H3. The molecule has 0 saturated heterocycles. The van der Waals surface area contributed by atoms with Gasteiger partial charge in [-0.1, -0.05) is 25.7 Å². The Kier molecular flexibility index (Phi) is 3.18. The van der Waals surface area contributed by atoms with Gasteiger partial charge in [-0.3, -0.25) is 4.98 Å². The molecule has 0 aliphatic heterocycles. The molecule has 0 unspecified atom stereocenters. The Morgan fingerprint density at radius 1 is 1.14 bits per heavy atom. The molecule has 2 rings (SSSR count). The molecule has 1 aliphatic carbocycles. The maximum absolute atomic E-state index is 4.26. The van der Waals surface area contributed by atoms with Gasteiger partial charge in [0.1, 0.15) is 0 Å². The van der Waals surface area contributed by atoms with Gasteiger partial charge >= 0.3 is 0 Å². The van der Waals surface area contributed by atoms with E-state index in [0.29, 0.717) is 0 Å². The monoisotopic (exact) mass is 189 g/mol. The van der Waals surface area contributed by atoms with Gasteiger partial charge in [-0.2, -0.15) is 0 Å². The van der Waals surface area contributed by atoms with Gasteiger partial charge in [-0.05, 0) is 43.4 Å². The topological polar surface area (TPSA) is 12.9 Å². The number of hydrogen-bond acceptors (Lipinski definition) is 1. The fourth-order valence-electron chi connectivity index (χ4n) is 2.43. The molecule has 1 heteroatoms. The van der Waals surface area contributed by atoms with Gasteiger partial charge < -0.3 is 0 Å². The molecule has 0 spiro atoms. The summed E-state index contributed by atoms with van der Waals surface area (Å²) in [6.45, 7) is 2.08. The molecule has 1 fully saturated rings. The summed E-state index contributed by atoms with van der Waals surface area (Å²) in [5.41, 5.74) is 2.67. The van der Waals surface area contributed by atoms with Crippen LogP contribution >= 0.6 is 0 Å².